The van der Waals surface area contributed by atoms with E-state index in [9.17, 15) is 9.59 Å². The minimum absolute atomic E-state index is 0.0113. The predicted octanol–water partition coefficient (Wildman–Crippen LogP) is 1.43. The van der Waals surface area contributed by atoms with Crippen molar-refractivity contribution in [1.29, 1.82) is 0 Å². The molecular formula is C12H18BrN3O3. The Morgan fingerprint density at radius 1 is 1.58 bits per heavy atom. The van der Waals surface area contributed by atoms with Gasteiger partial charge in [-0.3, -0.25) is 4.79 Å². The van der Waals surface area contributed by atoms with Crippen LogP contribution in [-0.4, -0.2) is 28.4 Å². The first-order valence-electron chi connectivity index (χ1n) is 6.02. The molecule has 1 unspecified atom stereocenters. The number of nitrogens with zero attached hydrogens (tertiary/aromatic N) is 1. The molecule has 0 saturated heterocycles. The first-order valence-corrected chi connectivity index (χ1v) is 6.81. The molecule has 0 radical (unpaired) electrons. The molecule has 3 N–H and O–H groups in total. The SMILES string of the molecule is CCC(CCO)NC(=O)Nc1cc(Br)cn(C)c1=O. The van der Waals surface area contributed by atoms with E-state index in [4.69, 9.17) is 5.11 Å². The van der Waals surface area contributed by atoms with Crippen LogP contribution in [0.15, 0.2) is 21.5 Å². The fraction of sp³-hybridized carbons (Fsp3) is 0.500. The highest BCUT2D eigenvalue weighted by molar-refractivity contribution is 9.10. The number of carbonyl (C=O) groups excluding carboxylic acids is 1. The Hall–Kier alpha value is -1.34. The first kappa shape index (κ1) is 15.7. The molecule has 1 atom stereocenters. The molecule has 2 amide bonds. The van der Waals surface area contributed by atoms with Crippen LogP contribution in [0.25, 0.3) is 0 Å². The molecule has 106 valence electrons. The molecule has 0 aromatic carbocycles. The molecule has 1 heterocycles. The van der Waals surface area contributed by atoms with Crippen molar-refractivity contribution in [3.8, 4) is 0 Å². The molecule has 1 aromatic rings. The van der Waals surface area contributed by atoms with Crippen molar-refractivity contribution in [2.45, 2.75) is 25.8 Å². The molecule has 0 saturated carbocycles. The summed E-state index contributed by atoms with van der Waals surface area (Å²) in [6.07, 6.45) is 2.82. The van der Waals surface area contributed by atoms with Crippen molar-refractivity contribution >= 4 is 27.6 Å². The summed E-state index contributed by atoms with van der Waals surface area (Å²) in [6, 6.07) is 0.992. The molecule has 0 bridgehead atoms. The topological polar surface area (TPSA) is 83.4 Å². The van der Waals surface area contributed by atoms with Crippen molar-refractivity contribution in [2.75, 3.05) is 11.9 Å². The maximum Gasteiger partial charge on any atom is 0.319 e. The van der Waals surface area contributed by atoms with Crippen molar-refractivity contribution in [3.05, 3.63) is 27.1 Å². The van der Waals surface area contributed by atoms with Crippen LogP contribution >= 0.6 is 15.9 Å². The van der Waals surface area contributed by atoms with Gasteiger partial charge >= 0.3 is 6.03 Å². The molecule has 19 heavy (non-hydrogen) atoms. The third-order valence-corrected chi connectivity index (χ3v) is 3.14. The number of rotatable bonds is 5. The molecule has 1 rings (SSSR count). The number of aliphatic hydroxyl groups is 1. The molecule has 6 nitrogen and oxygen atoms in total. The van der Waals surface area contributed by atoms with E-state index >= 15 is 0 Å². The third-order valence-electron chi connectivity index (χ3n) is 2.70. The summed E-state index contributed by atoms with van der Waals surface area (Å²) >= 11 is 3.26. The number of aryl methyl sites for hydroxylation is 1. The summed E-state index contributed by atoms with van der Waals surface area (Å²) in [5.41, 5.74) is -0.0817. The molecule has 0 aliphatic heterocycles. The standard InChI is InChI=1S/C12H18BrN3O3/c1-3-9(4-5-17)14-12(19)15-10-6-8(13)7-16(2)11(10)18/h6-7,9,17H,3-5H2,1-2H3,(H2,14,15,19). The van der Waals surface area contributed by atoms with Gasteiger partial charge in [0.25, 0.3) is 5.56 Å². The van der Waals surface area contributed by atoms with Gasteiger partial charge in [-0.15, -0.1) is 0 Å². The summed E-state index contributed by atoms with van der Waals surface area (Å²) in [5.74, 6) is 0. The number of carbonyl (C=O) groups is 1. The van der Waals surface area contributed by atoms with Gasteiger partial charge in [-0.1, -0.05) is 6.92 Å². The fourth-order valence-electron chi connectivity index (χ4n) is 1.64. The van der Waals surface area contributed by atoms with Crippen LogP contribution in [0.5, 0.6) is 0 Å². The van der Waals surface area contributed by atoms with Crippen LogP contribution in [0.1, 0.15) is 19.8 Å². The number of nitrogens with one attached hydrogen (secondary N) is 2. The van der Waals surface area contributed by atoms with Crippen molar-refractivity contribution in [3.63, 3.8) is 0 Å². The van der Waals surface area contributed by atoms with E-state index in [1.54, 1.807) is 19.3 Å². The zero-order chi connectivity index (χ0) is 14.4. The van der Waals surface area contributed by atoms with Crippen LogP contribution in [0, 0.1) is 0 Å². The highest BCUT2D eigenvalue weighted by atomic mass is 79.9. The van der Waals surface area contributed by atoms with Crippen molar-refractivity contribution in [2.24, 2.45) is 7.05 Å². The Morgan fingerprint density at radius 2 is 2.26 bits per heavy atom. The zero-order valence-corrected chi connectivity index (χ0v) is 12.5. The smallest absolute Gasteiger partial charge is 0.319 e. The van der Waals surface area contributed by atoms with E-state index in [-0.39, 0.29) is 23.9 Å². The summed E-state index contributed by atoms with van der Waals surface area (Å²) < 4.78 is 2.08. The van der Waals surface area contributed by atoms with E-state index in [1.165, 1.54) is 4.57 Å². The number of halogens is 1. The van der Waals surface area contributed by atoms with Gasteiger partial charge < -0.3 is 20.3 Å². The number of hydrogen-bond donors (Lipinski definition) is 3. The Labute approximate surface area is 120 Å². The van der Waals surface area contributed by atoms with E-state index in [2.05, 4.69) is 26.6 Å². The normalized spacial score (nSPS) is 12.0. The lowest BCUT2D eigenvalue weighted by Crippen LogP contribution is -2.39. The third kappa shape index (κ3) is 4.68. The largest absolute Gasteiger partial charge is 0.396 e. The van der Waals surface area contributed by atoms with Gasteiger partial charge in [-0.25, -0.2) is 4.79 Å². The lowest BCUT2D eigenvalue weighted by molar-refractivity contribution is 0.237. The summed E-state index contributed by atoms with van der Waals surface area (Å²) in [4.78, 5) is 23.6. The summed E-state index contributed by atoms with van der Waals surface area (Å²) in [6.45, 7) is 1.93. The second-order valence-electron chi connectivity index (χ2n) is 4.20. The van der Waals surface area contributed by atoms with Crippen LogP contribution in [0.4, 0.5) is 10.5 Å². The molecule has 0 aliphatic rings. The number of aromatic nitrogens is 1. The lowest BCUT2D eigenvalue weighted by Gasteiger charge is -2.16. The van der Waals surface area contributed by atoms with Gasteiger partial charge in [0.2, 0.25) is 0 Å². The van der Waals surface area contributed by atoms with Crippen molar-refractivity contribution in [1.82, 2.24) is 9.88 Å². The second kappa shape index (κ2) is 7.30. The first-order chi connectivity index (χ1) is 8.97. The van der Waals surface area contributed by atoms with E-state index in [1.807, 2.05) is 6.92 Å². The average molecular weight is 332 g/mol. The number of anilines is 1. The Morgan fingerprint density at radius 3 is 2.84 bits per heavy atom. The van der Waals surface area contributed by atoms with Gasteiger partial charge in [0.15, 0.2) is 0 Å². The van der Waals surface area contributed by atoms with E-state index < -0.39 is 6.03 Å². The van der Waals surface area contributed by atoms with Crippen LogP contribution < -0.4 is 16.2 Å². The predicted molar refractivity (Wildman–Crippen MR) is 77.3 cm³/mol. The van der Waals surface area contributed by atoms with Gasteiger partial charge in [-0.05, 0) is 34.8 Å². The number of amides is 2. The van der Waals surface area contributed by atoms with E-state index in [0.717, 1.165) is 0 Å². The molecule has 0 fully saturated rings. The van der Waals surface area contributed by atoms with Crippen LogP contribution in [0.3, 0.4) is 0 Å². The van der Waals surface area contributed by atoms with Gasteiger partial charge in [0, 0.05) is 30.4 Å². The highest BCUT2D eigenvalue weighted by Gasteiger charge is 2.12. The quantitative estimate of drug-likeness (QED) is 0.763. The van der Waals surface area contributed by atoms with E-state index in [0.29, 0.717) is 17.3 Å². The molecule has 1 aromatic heterocycles. The number of hydrogen-bond acceptors (Lipinski definition) is 3. The zero-order valence-electron chi connectivity index (χ0n) is 10.9. The molecular weight excluding hydrogens is 314 g/mol. The lowest BCUT2D eigenvalue weighted by atomic mass is 10.2. The Balaban J connectivity index is 2.74. The fourth-order valence-corrected chi connectivity index (χ4v) is 2.17. The highest BCUT2D eigenvalue weighted by Crippen LogP contribution is 2.11. The summed E-state index contributed by atoms with van der Waals surface area (Å²) in [5, 5.41) is 14.1. The molecule has 7 heteroatoms. The maximum atomic E-state index is 11.8. The maximum absolute atomic E-state index is 11.8. The van der Waals surface area contributed by atoms with Gasteiger partial charge in [0.1, 0.15) is 5.69 Å². The Kier molecular flexibility index (Phi) is 6.04. The number of aliphatic hydroxyl groups excluding tert-OH is 1. The van der Waals surface area contributed by atoms with Crippen molar-refractivity contribution < 1.29 is 9.90 Å². The minimum atomic E-state index is -0.449. The Bertz CT molecular complexity index is 501. The average Bonchev–Trinajstić information content (AvgIpc) is 2.34. The van der Waals surface area contributed by atoms with Gasteiger partial charge in [-0.2, -0.15) is 0 Å². The monoisotopic (exact) mass is 331 g/mol. The second-order valence-corrected chi connectivity index (χ2v) is 5.12. The molecule has 0 aliphatic carbocycles. The van der Waals surface area contributed by atoms with Crippen LogP contribution in [-0.2, 0) is 7.05 Å². The number of urea groups is 1. The van der Waals surface area contributed by atoms with Gasteiger partial charge in [0.05, 0.1) is 0 Å². The summed E-state index contributed by atoms with van der Waals surface area (Å²) in [7, 11) is 1.61. The van der Waals surface area contributed by atoms with Crippen LogP contribution in [0.2, 0.25) is 0 Å². The number of pyridine rings is 1. The minimum Gasteiger partial charge on any atom is -0.396 e. The molecule has 0 spiro atoms.